The summed E-state index contributed by atoms with van der Waals surface area (Å²) in [5, 5.41) is 17.2. The van der Waals surface area contributed by atoms with Crippen LogP contribution < -0.4 is 4.90 Å². The van der Waals surface area contributed by atoms with Gasteiger partial charge in [0.25, 0.3) is 0 Å². The molecule has 0 unspecified atom stereocenters. The number of piperazine rings is 1. The molecule has 0 amide bonds. The largest absolute Gasteiger partial charge is 0.481 e. The minimum atomic E-state index is -3.16. The van der Waals surface area contributed by atoms with E-state index in [4.69, 9.17) is 5.11 Å². The fraction of sp³-hybridized carbons (Fsp3) is 0.700. The van der Waals surface area contributed by atoms with E-state index in [0.717, 1.165) is 11.8 Å². The van der Waals surface area contributed by atoms with Crippen molar-refractivity contribution in [3.05, 3.63) is 0 Å². The minimum absolute atomic E-state index is 0.0756. The number of anilines is 1. The van der Waals surface area contributed by atoms with E-state index in [1.807, 2.05) is 4.90 Å². The van der Waals surface area contributed by atoms with E-state index >= 15 is 0 Å². The number of aliphatic carboxylic acids is 1. The lowest BCUT2D eigenvalue weighted by atomic mass is 10.4. The molecule has 2 rings (SSSR count). The molecule has 0 aromatic carbocycles. The maximum atomic E-state index is 11.5. The first-order valence-corrected chi connectivity index (χ1v) is 9.06. The van der Waals surface area contributed by atoms with Crippen LogP contribution in [0.3, 0.4) is 0 Å². The van der Waals surface area contributed by atoms with E-state index in [0.29, 0.717) is 37.3 Å². The van der Waals surface area contributed by atoms with Gasteiger partial charge < -0.3 is 10.0 Å². The van der Waals surface area contributed by atoms with Crippen LogP contribution >= 0.6 is 11.8 Å². The third-order valence-electron chi connectivity index (χ3n) is 3.13. The van der Waals surface area contributed by atoms with Crippen molar-refractivity contribution in [3.63, 3.8) is 0 Å². The molecule has 0 saturated carbocycles. The van der Waals surface area contributed by atoms with Gasteiger partial charge in [0, 0.05) is 33.2 Å². The highest BCUT2D eigenvalue weighted by Gasteiger charge is 2.26. The van der Waals surface area contributed by atoms with E-state index in [1.54, 1.807) is 11.6 Å². The van der Waals surface area contributed by atoms with E-state index < -0.39 is 16.0 Å². The van der Waals surface area contributed by atoms with Crippen molar-refractivity contribution in [2.75, 3.05) is 43.1 Å². The standard InChI is InChI=1S/C10H17N5O4S2/c1-13-9(11-12-10(13)20-7-8(16)17)14-3-5-15(6-4-14)21(2,18)19/h3-7H2,1-2H3,(H,16,17). The predicted octanol–water partition coefficient (Wildman–Crippen LogP) is -0.927. The Morgan fingerprint density at radius 2 is 1.90 bits per heavy atom. The Morgan fingerprint density at radius 1 is 1.29 bits per heavy atom. The summed E-state index contributed by atoms with van der Waals surface area (Å²) in [6, 6.07) is 0. The Bertz CT molecular complexity index is 621. The zero-order valence-electron chi connectivity index (χ0n) is 11.8. The van der Waals surface area contributed by atoms with Crippen LogP contribution in [0.1, 0.15) is 0 Å². The van der Waals surface area contributed by atoms with Crippen LogP contribution in [0.15, 0.2) is 5.16 Å². The predicted molar refractivity (Wildman–Crippen MR) is 78.0 cm³/mol. The number of carboxylic acids is 1. The van der Waals surface area contributed by atoms with Crippen molar-refractivity contribution in [1.82, 2.24) is 19.1 Å². The van der Waals surface area contributed by atoms with E-state index in [1.165, 1.54) is 10.6 Å². The van der Waals surface area contributed by atoms with Crippen molar-refractivity contribution < 1.29 is 18.3 Å². The molecule has 11 heteroatoms. The molecule has 1 aliphatic heterocycles. The first kappa shape index (κ1) is 16.0. The summed E-state index contributed by atoms with van der Waals surface area (Å²) >= 11 is 1.10. The Hall–Kier alpha value is -1.33. The fourth-order valence-electron chi connectivity index (χ4n) is 2.05. The monoisotopic (exact) mass is 335 g/mol. The topological polar surface area (TPSA) is 109 Å². The first-order chi connectivity index (χ1) is 9.79. The van der Waals surface area contributed by atoms with Crippen LogP contribution in [0.2, 0.25) is 0 Å². The maximum Gasteiger partial charge on any atom is 0.313 e. The highest BCUT2D eigenvalue weighted by Crippen LogP contribution is 2.21. The Balaban J connectivity index is 2.02. The first-order valence-electron chi connectivity index (χ1n) is 6.23. The second-order valence-electron chi connectivity index (χ2n) is 4.67. The Labute approximate surface area is 127 Å². The lowest BCUT2D eigenvalue weighted by Crippen LogP contribution is -2.49. The molecular formula is C10H17N5O4S2. The average molecular weight is 335 g/mol. The molecule has 1 saturated heterocycles. The van der Waals surface area contributed by atoms with Crippen molar-refractivity contribution in [2.24, 2.45) is 7.05 Å². The quantitative estimate of drug-likeness (QED) is 0.688. The van der Waals surface area contributed by atoms with Crippen LogP contribution in [-0.2, 0) is 21.9 Å². The molecule has 9 nitrogen and oxygen atoms in total. The number of hydrogen-bond acceptors (Lipinski definition) is 7. The maximum absolute atomic E-state index is 11.5. The summed E-state index contributed by atoms with van der Waals surface area (Å²) in [5.41, 5.74) is 0. The molecule has 0 spiro atoms. The van der Waals surface area contributed by atoms with E-state index in [2.05, 4.69) is 10.2 Å². The molecule has 2 heterocycles. The summed E-state index contributed by atoms with van der Waals surface area (Å²) in [4.78, 5) is 12.5. The summed E-state index contributed by atoms with van der Waals surface area (Å²) in [6.07, 6.45) is 1.20. The molecule has 1 aromatic rings. The van der Waals surface area contributed by atoms with Crippen LogP contribution in [-0.4, -0.2) is 76.8 Å². The van der Waals surface area contributed by atoms with Gasteiger partial charge in [-0.2, -0.15) is 4.31 Å². The number of sulfonamides is 1. The lowest BCUT2D eigenvalue weighted by molar-refractivity contribution is -0.133. The molecule has 0 radical (unpaired) electrons. The second kappa shape index (κ2) is 6.20. The number of nitrogens with zero attached hydrogens (tertiary/aromatic N) is 5. The van der Waals surface area contributed by atoms with Crippen LogP contribution in [0, 0.1) is 0 Å². The van der Waals surface area contributed by atoms with Crippen molar-refractivity contribution in [2.45, 2.75) is 5.16 Å². The highest BCUT2D eigenvalue weighted by molar-refractivity contribution is 7.99. The van der Waals surface area contributed by atoms with Gasteiger partial charge in [0.2, 0.25) is 16.0 Å². The number of thioether (sulfide) groups is 1. The van der Waals surface area contributed by atoms with Gasteiger partial charge in [-0.1, -0.05) is 11.8 Å². The lowest BCUT2D eigenvalue weighted by Gasteiger charge is -2.33. The van der Waals surface area contributed by atoms with Crippen LogP contribution in [0.4, 0.5) is 5.95 Å². The van der Waals surface area contributed by atoms with E-state index in [9.17, 15) is 13.2 Å². The van der Waals surface area contributed by atoms with Crippen molar-refractivity contribution in [1.29, 1.82) is 0 Å². The average Bonchev–Trinajstić information content (AvgIpc) is 2.77. The summed E-state index contributed by atoms with van der Waals surface area (Å²) in [7, 11) is -1.39. The van der Waals surface area contributed by atoms with Gasteiger partial charge in [0.05, 0.1) is 12.0 Å². The van der Waals surface area contributed by atoms with E-state index in [-0.39, 0.29) is 5.75 Å². The molecule has 0 aliphatic carbocycles. The van der Waals surface area contributed by atoms with Gasteiger partial charge in [-0.15, -0.1) is 10.2 Å². The number of carboxylic acid groups (broad SMARTS) is 1. The zero-order chi connectivity index (χ0) is 15.6. The highest BCUT2D eigenvalue weighted by atomic mass is 32.2. The molecule has 21 heavy (non-hydrogen) atoms. The molecule has 1 aromatic heterocycles. The number of carbonyl (C=O) groups is 1. The third-order valence-corrected chi connectivity index (χ3v) is 5.44. The van der Waals surface area contributed by atoms with Gasteiger partial charge in [-0.3, -0.25) is 9.36 Å². The SMILES string of the molecule is Cn1c(SCC(=O)O)nnc1N1CCN(S(C)(=O)=O)CC1. The number of aromatic nitrogens is 3. The molecule has 1 N–H and O–H groups in total. The minimum Gasteiger partial charge on any atom is -0.481 e. The molecular weight excluding hydrogens is 318 g/mol. The molecule has 1 fully saturated rings. The van der Waals surface area contributed by atoms with Gasteiger partial charge in [-0.05, 0) is 0 Å². The third kappa shape index (κ3) is 3.86. The van der Waals surface area contributed by atoms with Crippen molar-refractivity contribution in [3.8, 4) is 0 Å². The smallest absolute Gasteiger partial charge is 0.313 e. The van der Waals surface area contributed by atoms with Crippen LogP contribution in [0.5, 0.6) is 0 Å². The van der Waals surface area contributed by atoms with Crippen LogP contribution in [0.25, 0.3) is 0 Å². The Morgan fingerprint density at radius 3 is 2.43 bits per heavy atom. The van der Waals surface area contributed by atoms with Gasteiger partial charge in [-0.25, -0.2) is 8.42 Å². The summed E-state index contributed by atoms with van der Waals surface area (Å²) in [6.45, 7) is 1.87. The molecule has 1 aliphatic rings. The fourth-order valence-corrected chi connectivity index (χ4v) is 3.51. The van der Waals surface area contributed by atoms with Crippen molar-refractivity contribution >= 4 is 33.7 Å². The van der Waals surface area contributed by atoms with Gasteiger partial charge >= 0.3 is 5.97 Å². The Kier molecular flexibility index (Phi) is 4.74. The number of rotatable bonds is 5. The second-order valence-corrected chi connectivity index (χ2v) is 7.60. The molecule has 0 atom stereocenters. The number of hydrogen-bond donors (Lipinski definition) is 1. The summed E-state index contributed by atoms with van der Waals surface area (Å²) in [5.74, 6) is -0.365. The van der Waals surface area contributed by atoms with Gasteiger partial charge in [0.1, 0.15) is 0 Å². The molecule has 0 bridgehead atoms. The zero-order valence-corrected chi connectivity index (χ0v) is 13.4. The molecule has 118 valence electrons. The normalized spacial score (nSPS) is 17.1. The summed E-state index contributed by atoms with van der Waals surface area (Å²) < 4.78 is 26.1. The van der Waals surface area contributed by atoms with Gasteiger partial charge in [0.15, 0.2) is 5.16 Å².